The van der Waals surface area contributed by atoms with Gasteiger partial charge in [0.25, 0.3) is 0 Å². The van der Waals surface area contributed by atoms with E-state index in [1.807, 2.05) is 20.8 Å². The lowest BCUT2D eigenvalue weighted by Gasteiger charge is -2.43. The second kappa shape index (κ2) is 8.70. The highest BCUT2D eigenvalue weighted by atomic mass is 16.6. The van der Waals surface area contributed by atoms with Crippen molar-refractivity contribution in [2.75, 3.05) is 0 Å². The van der Waals surface area contributed by atoms with E-state index in [2.05, 4.69) is 32.3 Å². The molecule has 0 spiro atoms. The van der Waals surface area contributed by atoms with Gasteiger partial charge in [0.05, 0.1) is 11.9 Å². The Bertz CT molecular complexity index is 554. The van der Waals surface area contributed by atoms with E-state index in [1.165, 1.54) is 5.57 Å². The largest absolute Gasteiger partial charge is 0.495 e. The molecule has 0 saturated heterocycles. The first-order chi connectivity index (χ1) is 12.5. The third-order valence-electron chi connectivity index (χ3n) is 5.94. The van der Waals surface area contributed by atoms with Crippen LogP contribution < -0.4 is 5.32 Å². The lowest BCUT2D eigenvalue weighted by atomic mass is 9.66. The van der Waals surface area contributed by atoms with Gasteiger partial charge in [0.2, 0.25) is 0 Å². The Morgan fingerprint density at radius 2 is 1.89 bits per heavy atom. The molecule has 2 aliphatic rings. The van der Waals surface area contributed by atoms with Gasteiger partial charge in [0.15, 0.2) is 0 Å². The fourth-order valence-corrected chi connectivity index (χ4v) is 4.66. The standard InChI is InChI=1S/C23H39NO3/c1-8-23(14-16(2)13-17(3)15-23)18(4)26-20-11-9-19(10-12-20)24-21(25)27-22(5,6)7/h17,19-20H,2,4,8-15H2,1,3,5-7H3,(H,24,25). The molecule has 0 aromatic carbocycles. The molecular weight excluding hydrogens is 338 g/mol. The number of rotatable bonds is 5. The quantitative estimate of drug-likeness (QED) is 0.463. The zero-order chi connectivity index (χ0) is 20.2. The van der Waals surface area contributed by atoms with Gasteiger partial charge in [-0.05, 0) is 78.1 Å². The van der Waals surface area contributed by atoms with Crippen molar-refractivity contribution in [1.29, 1.82) is 0 Å². The lowest BCUT2D eigenvalue weighted by Crippen LogP contribution is -2.42. The molecule has 2 saturated carbocycles. The summed E-state index contributed by atoms with van der Waals surface area (Å²) < 4.78 is 11.7. The van der Waals surface area contributed by atoms with Crippen LogP contribution in [0.3, 0.4) is 0 Å². The van der Waals surface area contributed by atoms with Gasteiger partial charge in [-0.2, -0.15) is 0 Å². The van der Waals surface area contributed by atoms with Gasteiger partial charge in [-0.1, -0.05) is 32.6 Å². The third kappa shape index (κ3) is 6.29. The monoisotopic (exact) mass is 377 g/mol. The Kier molecular flexibility index (Phi) is 7.04. The summed E-state index contributed by atoms with van der Waals surface area (Å²) in [6.45, 7) is 18.8. The van der Waals surface area contributed by atoms with Crippen molar-refractivity contribution >= 4 is 6.09 Å². The SMILES string of the molecule is C=C1CC(C)CC(CC)(C(=C)OC2CCC(NC(=O)OC(C)(C)C)CC2)C1. The third-order valence-corrected chi connectivity index (χ3v) is 5.94. The van der Waals surface area contributed by atoms with Crippen molar-refractivity contribution in [1.82, 2.24) is 5.32 Å². The molecule has 4 heteroatoms. The van der Waals surface area contributed by atoms with E-state index in [0.717, 1.165) is 57.1 Å². The van der Waals surface area contributed by atoms with Crippen molar-refractivity contribution in [2.45, 2.75) is 104 Å². The number of hydrogen-bond donors (Lipinski definition) is 1. The van der Waals surface area contributed by atoms with Crippen molar-refractivity contribution in [3.63, 3.8) is 0 Å². The molecule has 2 rings (SSSR count). The molecule has 0 radical (unpaired) electrons. The Hall–Kier alpha value is -1.45. The molecule has 2 fully saturated rings. The van der Waals surface area contributed by atoms with Crippen LogP contribution in [0.5, 0.6) is 0 Å². The number of hydrogen-bond acceptors (Lipinski definition) is 3. The number of nitrogens with one attached hydrogen (secondary N) is 1. The van der Waals surface area contributed by atoms with Crippen molar-refractivity contribution in [3.05, 3.63) is 24.5 Å². The van der Waals surface area contributed by atoms with Gasteiger partial charge in [-0.25, -0.2) is 4.79 Å². The highest BCUT2D eigenvalue weighted by molar-refractivity contribution is 5.68. The Morgan fingerprint density at radius 3 is 2.41 bits per heavy atom. The molecule has 0 bridgehead atoms. The highest BCUT2D eigenvalue weighted by Gasteiger charge is 2.40. The maximum Gasteiger partial charge on any atom is 0.407 e. The molecule has 2 atom stereocenters. The molecule has 2 aliphatic carbocycles. The minimum absolute atomic E-state index is 0.0420. The summed E-state index contributed by atoms with van der Waals surface area (Å²) in [6, 6.07) is 0.169. The molecule has 1 N–H and O–H groups in total. The topological polar surface area (TPSA) is 47.6 Å². The van der Waals surface area contributed by atoms with E-state index in [4.69, 9.17) is 9.47 Å². The summed E-state index contributed by atoms with van der Waals surface area (Å²) in [7, 11) is 0. The number of allylic oxidation sites excluding steroid dienone is 2. The average molecular weight is 378 g/mol. The summed E-state index contributed by atoms with van der Waals surface area (Å²) >= 11 is 0. The number of amides is 1. The molecule has 0 aliphatic heterocycles. The molecule has 154 valence electrons. The van der Waals surface area contributed by atoms with Crippen LogP contribution in [0.2, 0.25) is 0 Å². The summed E-state index contributed by atoms with van der Waals surface area (Å²) in [6.07, 6.45) is 7.89. The summed E-state index contributed by atoms with van der Waals surface area (Å²) in [4.78, 5) is 11.9. The van der Waals surface area contributed by atoms with Gasteiger partial charge < -0.3 is 14.8 Å². The molecule has 2 unspecified atom stereocenters. The first kappa shape index (κ1) is 21.8. The van der Waals surface area contributed by atoms with Crippen molar-refractivity contribution in [3.8, 4) is 0 Å². The zero-order valence-electron chi connectivity index (χ0n) is 18.0. The fraction of sp³-hybridized carbons (Fsp3) is 0.783. The van der Waals surface area contributed by atoms with Crippen LogP contribution in [0.25, 0.3) is 0 Å². The van der Waals surface area contributed by atoms with Gasteiger partial charge in [0, 0.05) is 11.5 Å². The van der Waals surface area contributed by atoms with Crippen LogP contribution >= 0.6 is 0 Å². The predicted octanol–water partition coefficient (Wildman–Crippen LogP) is 6.13. The maximum absolute atomic E-state index is 11.9. The smallest absolute Gasteiger partial charge is 0.407 e. The van der Waals surface area contributed by atoms with Crippen LogP contribution in [0.4, 0.5) is 4.79 Å². The summed E-state index contributed by atoms with van der Waals surface area (Å²) in [5.74, 6) is 1.58. The first-order valence-electron chi connectivity index (χ1n) is 10.5. The van der Waals surface area contributed by atoms with Gasteiger partial charge in [0.1, 0.15) is 5.60 Å². The number of carbonyl (C=O) groups is 1. The second-order valence-electron chi connectivity index (χ2n) is 9.73. The first-order valence-corrected chi connectivity index (χ1v) is 10.5. The van der Waals surface area contributed by atoms with Crippen LogP contribution in [0.1, 0.15) is 86.0 Å². The molecule has 1 amide bonds. The zero-order valence-corrected chi connectivity index (χ0v) is 18.0. The molecule has 0 heterocycles. The number of alkyl carbamates (subject to hydrolysis) is 1. The Labute approximate surface area is 165 Å². The van der Waals surface area contributed by atoms with Crippen LogP contribution in [-0.2, 0) is 9.47 Å². The molecule has 4 nitrogen and oxygen atoms in total. The average Bonchev–Trinajstić information content (AvgIpc) is 2.53. The van der Waals surface area contributed by atoms with Crippen molar-refractivity contribution in [2.24, 2.45) is 11.3 Å². The summed E-state index contributed by atoms with van der Waals surface area (Å²) in [5.41, 5.74) is 0.906. The van der Waals surface area contributed by atoms with Crippen LogP contribution in [0, 0.1) is 11.3 Å². The maximum atomic E-state index is 11.9. The van der Waals surface area contributed by atoms with E-state index < -0.39 is 5.60 Å². The molecule has 0 aromatic rings. The van der Waals surface area contributed by atoms with Crippen molar-refractivity contribution < 1.29 is 14.3 Å². The van der Waals surface area contributed by atoms with E-state index >= 15 is 0 Å². The fourth-order valence-electron chi connectivity index (χ4n) is 4.66. The Balaban J connectivity index is 1.83. The molecular formula is C23H39NO3. The summed E-state index contributed by atoms with van der Waals surface area (Å²) in [5, 5.41) is 2.99. The normalized spacial score (nSPS) is 31.9. The number of ether oxygens (including phenoxy) is 2. The minimum Gasteiger partial charge on any atom is -0.495 e. The van der Waals surface area contributed by atoms with E-state index in [1.54, 1.807) is 0 Å². The Morgan fingerprint density at radius 1 is 1.26 bits per heavy atom. The second-order valence-corrected chi connectivity index (χ2v) is 9.73. The highest BCUT2D eigenvalue weighted by Crippen LogP contribution is 2.49. The van der Waals surface area contributed by atoms with E-state index in [0.29, 0.717) is 5.92 Å². The van der Waals surface area contributed by atoms with Crippen LogP contribution in [0.15, 0.2) is 24.5 Å². The molecule has 0 aromatic heterocycles. The van der Waals surface area contributed by atoms with Gasteiger partial charge in [-0.3, -0.25) is 0 Å². The van der Waals surface area contributed by atoms with E-state index in [9.17, 15) is 4.79 Å². The van der Waals surface area contributed by atoms with Gasteiger partial charge in [-0.15, -0.1) is 0 Å². The van der Waals surface area contributed by atoms with E-state index in [-0.39, 0.29) is 23.7 Å². The van der Waals surface area contributed by atoms with Gasteiger partial charge >= 0.3 is 6.09 Å². The lowest BCUT2D eigenvalue weighted by molar-refractivity contribution is 0.0156. The minimum atomic E-state index is -0.461. The number of carbonyl (C=O) groups excluding carboxylic acids is 1. The van der Waals surface area contributed by atoms with Crippen LogP contribution in [-0.4, -0.2) is 23.8 Å². The predicted molar refractivity (Wildman–Crippen MR) is 111 cm³/mol. The molecule has 27 heavy (non-hydrogen) atoms.